The highest BCUT2D eigenvalue weighted by molar-refractivity contribution is 5.81. The lowest BCUT2D eigenvalue weighted by molar-refractivity contribution is -0.128. The predicted octanol–water partition coefficient (Wildman–Crippen LogP) is 2.21. The summed E-state index contributed by atoms with van der Waals surface area (Å²) in [6.45, 7) is 7.61. The molecule has 28 heavy (non-hydrogen) atoms. The third-order valence-corrected chi connectivity index (χ3v) is 5.50. The van der Waals surface area contributed by atoms with Gasteiger partial charge in [-0.1, -0.05) is 12.5 Å². The van der Waals surface area contributed by atoms with Crippen molar-refractivity contribution in [2.75, 3.05) is 20.3 Å². The molecule has 1 N–H and O–H groups in total. The van der Waals surface area contributed by atoms with Gasteiger partial charge in [-0.3, -0.25) is 19.4 Å². The van der Waals surface area contributed by atoms with Crippen LogP contribution in [0.3, 0.4) is 0 Å². The molecule has 0 aliphatic carbocycles. The van der Waals surface area contributed by atoms with E-state index in [1.165, 1.54) is 0 Å². The second-order valence-electron chi connectivity index (χ2n) is 7.43. The molecule has 1 aliphatic rings. The number of aryl methyl sites for hydroxylation is 1. The third-order valence-electron chi connectivity index (χ3n) is 5.50. The Bertz CT molecular complexity index is 775. The number of ether oxygens (including phenoxy) is 1. The Kier molecular flexibility index (Phi) is 7.17. The largest absolute Gasteiger partial charge is 0.383 e. The number of hydrogen-bond donors (Lipinski definition) is 1. The first-order chi connectivity index (χ1) is 13.6. The maximum Gasteiger partial charge on any atom is 0.237 e. The summed E-state index contributed by atoms with van der Waals surface area (Å²) in [5, 5.41) is 7.73. The molecule has 0 radical (unpaired) electrons. The quantitative estimate of drug-likeness (QED) is 0.754. The smallest absolute Gasteiger partial charge is 0.237 e. The summed E-state index contributed by atoms with van der Waals surface area (Å²) in [6, 6.07) is 3.93. The van der Waals surface area contributed by atoms with E-state index in [0.717, 1.165) is 61.4 Å². The van der Waals surface area contributed by atoms with Crippen LogP contribution >= 0.6 is 0 Å². The Balaban J connectivity index is 1.62. The summed E-state index contributed by atoms with van der Waals surface area (Å²) in [7, 11) is 1.69. The number of rotatable bonds is 8. The van der Waals surface area contributed by atoms with E-state index in [-0.39, 0.29) is 11.9 Å². The van der Waals surface area contributed by atoms with Crippen LogP contribution in [0.1, 0.15) is 41.8 Å². The summed E-state index contributed by atoms with van der Waals surface area (Å²) >= 11 is 0. The van der Waals surface area contributed by atoms with E-state index < -0.39 is 0 Å². The van der Waals surface area contributed by atoms with Crippen LogP contribution < -0.4 is 5.32 Å². The number of aromatic nitrogens is 3. The minimum atomic E-state index is -0.0851. The highest BCUT2D eigenvalue weighted by Gasteiger charge is 2.28. The zero-order valence-corrected chi connectivity index (χ0v) is 17.1. The van der Waals surface area contributed by atoms with Gasteiger partial charge in [0.25, 0.3) is 0 Å². The van der Waals surface area contributed by atoms with Gasteiger partial charge in [-0.25, -0.2) is 0 Å². The highest BCUT2D eigenvalue weighted by atomic mass is 16.5. The molecule has 1 atom stereocenters. The Morgan fingerprint density at radius 2 is 2.21 bits per heavy atom. The van der Waals surface area contributed by atoms with E-state index in [2.05, 4.69) is 26.4 Å². The van der Waals surface area contributed by atoms with Crippen LogP contribution in [0.25, 0.3) is 0 Å². The van der Waals surface area contributed by atoms with Crippen molar-refractivity contribution in [3.8, 4) is 0 Å². The molecule has 1 unspecified atom stereocenters. The lowest BCUT2D eigenvalue weighted by Crippen LogP contribution is -2.48. The number of piperidine rings is 1. The maximum absolute atomic E-state index is 13.0. The van der Waals surface area contributed by atoms with Gasteiger partial charge < -0.3 is 10.1 Å². The number of hydrogen-bond acceptors (Lipinski definition) is 5. The number of nitrogens with one attached hydrogen (secondary N) is 1. The maximum atomic E-state index is 13.0. The highest BCUT2D eigenvalue weighted by Crippen LogP contribution is 2.20. The molecule has 1 aliphatic heterocycles. The van der Waals surface area contributed by atoms with Gasteiger partial charge in [0.2, 0.25) is 5.91 Å². The van der Waals surface area contributed by atoms with Crippen molar-refractivity contribution >= 4 is 5.91 Å². The first kappa shape index (κ1) is 20.5. The number of likely N-dealkylation sites (tertiary alicyclic amines) is 1. The van der Waals surface area contributed by atoms with Gasteiger partial charge in [0, 0.05) is 43.9 Å². The summed E-state index contributed by atoms with van der Waals surface area (Å²) in [4.78, 5) is 19.4. The van der Waals surface area contributed by atoms with Crippen molar-refractivity contribution in [2.24, 2.45) is 0 Å². The normalized spacial score (nSPS) is 17.6. The minimum absolute atomic E-state index is 0.0851. The van der Waals surface area contributed by atoms with Gasteiger partial charge in [-0.15, -0.1) is 0 Å². The van der Waals surface area contributed by atoms with Crippen LogP contribution in [0.5, 0.6) is 0 Å². The molecule has 1 amide bonds. The average Bonchev–Trinajstić information content (AvgIpc) is 2.98. The zero-order valence-electron chi connectivity index (χ0n) is 17.1. The van der Waals surface area contributed by atoms with Gasteiger partial charge in [0.1, 0.15) is 0 Å². The van der Waals surface area contributed by atoms with Crippen molar-refractivity contribution in [3.05, 3.63) is 47.0 Å². The number of methoxy groups -OCH3 is 1. The number of carbonyl (C=O) groups excluding carboxylic acids is 1. The molecule has 7 heteroatoms. The number of pyridine rings is 1. The van der Waals surface area contributed by atoms with Gasteiger partial charge in [-0.05, 0) is 44.9 Å². The average molecular weight is 386 g/mol. The molecule has 2 aromatic rings. The molecule has 1 saturated heterocycles. The molecule has 0 saturated carbocycles. The second-order valence-corrected chi connectivity index (χ2v) is 7.43. The third kappa shape index (κ3) is 4.97. The summed E-state index contributed by atoms with van der Waals surface area (Å²) in [6.07, 6.45) is 6.78. The van der Waals surface area contributed by atoms with E-state index in [1.54, 1.807) is 13.3 Å². The number of amides is 1. The molecule has 152 valence electrons. The molecule has 2 aromatic heterocycles. The molecule has 3 heterocycles. The predicted molar refractivity (Wildman–Crippen MR) is 108 cm³/mol. The fourth-order valence-electron chi connectivity index (χ4n) is 3.88. The first-order valence-corrected chi connectivity index (χ1v) is 10.0. The van der Waals surface area contributed by atoms with Crippen LogP contribution in [0.4, 0.5) is 0 Å². The standard InChI is InChI=1S/C21H31N5O2/c1-16-19(17(2)26(24-16)11-12-28-3)14-23-21(27)20-8-4-5-10-25(20)15-18-7-6-9-22-13-18/h6-7,9,13,20H,4-5,8,10-12,14-15H2,1-3H3,(H,23,27). The van der Waals surface area contributed by atoms with E-state index >= 15 is 0 Å². The van der Waals surface area contributed by atoms with Crippen molar-refractivity contribution in [3.63, 3.8) is 0 Å². The molecule has 0 spiro atoms. The van der Waals surface area contributed by atoms with Gasteiger partial charge in [0.05, 0.1) is 24.9 Å². The van der Waals surface area contributed by atoms with Crippen LogP contribution in [-0.4, -0.2) is 51.9 Å². The molecule has 3 rings (SSSR count). The van der Waals surface area contributed by atoms with E-state index in [9.17, 15) is 4.79 Å². The van der Waals surface area contributed by atoms with Crippen LogP contribution in [0.2, 0.25) is 0 Å². The fourth-order valence-corrected chi connectivity index (χ4v) is 3.88. The van der Waals surface area contributed by atoms with Gasteiger partial charge in [-0.2, -0.15) is 5.10 Å². The minimum Gasteiger partial charge on any atom is -0.383 e. The van der Waals surface area contributed by atoms with E-state index in [1.807, 2.05) is 30.8 Å². The van der Waals surface area contributed by atoms with Crippen molar-refractivity contribution in [1.29, 1.82) is 0 Å². The topological polar surface area (TPSA) is 72.3 Å². The Labute approximate surface area is 167 Å². The molecule has 0 aromatic carbocycles. The van der Waals surface area contributed by atoms with Gasteiger partial charge in [0.15, 0.2) is 0 Å². The SMILES string of the molecule is COCCn1nc(C)c(CNC(=O)C2CCCCN2Cc2cccnc2)c1C. The molecule has 1 fully saturated rings. The number of nitrogens with zero attached hydrogens (tertiary/aromatic N) is 4. The van der Waals surface area contributed by atoms with Crippen LogP contribution in [0, 0.1) is 13.8 Å². The monoisotopic (exact) mass is 385 g/mol. The second kappa shape index (κ2) is 9.80. The lowest BCUT2D eigenvalue weighted by Gasteiger charge is -2.34. The van der Waals surface area contributed by atoms with E-state index in [4.69, 9.17) is 4.74 Å². The molecule has 0 bridgehead atoms. The number of carbonyl (C=O) groups is 1. The molecular weight excluding hydrogens is 354 g/mol. The Morgan fingerprint density at radius 3 is 2.96 bits per heavy atom. The summed E-state index contributed by atoms with van der Waals surface area (Å²) in [5.41, 5.74) is 4.29. The van der Waals surface area contributed by atoms with Crippen molar-refractivity contribution in [1.82, 2.24) is 25.0 Å². The fraction of sp³-hybridized carbons (Fsp3) is 0.571. The lowest BCUT2D eigenvalue weighted by atomic mass is 10.0. The summed E-state index contributed by atoms with van der Waals surface area (Å²) < 4.78 is 7.10. The summed E-state index contributed by atoms with van der Waals surface area (Å²) in [5.74, 6) is 0.104. The van der Waals surface area contributed by atoms with Gasteiger partial charge >= 0.3 is 0 Å². The molecule has 7 nitrogen and oxygen atoms in total. The Morgan fingerprint density at radius 1 is 1.36 bits per heavy atom. The molecular formula is C21H31N5O2. The Hall–Kier alpha value is -2.25. The van der Waals surface area contributed by atoms with Crippen LogP contribution in [0.15, 0.2) is 24.5 Å². The van der Waals surface area contributed by atoms with Crippen LogP contribution in [-0.2, 0) is 29.2 Å². The van der Waals surface area contributed by atoms with E-state index in [0.29, 0.717) is 13.2 Å². The van der Waals surface area contributed by atoms with Crippen molar-refractivity contribution in [2.45, 2.75) is 58.8 Å². The zero-order chi connectivity index (χ0) is 19.9. The first-order valence-electron chi connectivity index (χ1n) is 10.0. The van der Waals surface area contributed by atoms with Crippen molar-refractivity contribution < 1.29 is 9.53 Å².